The van der Waals surface area contributed by atoms with Gasteiger partial charge in [0.05, 0.1) is 23.9 Å². The molecule has 1 aromatic heterocycles. The third kappa shape index (κ3) is 5.22. The topological polar surface area (TPSA) is 129 Å². The highest BCUT2D eigenvalue weighted by atomic mass is 16.5. The van der Waals surface area contributed by atoms with Crippen LogP contribution in [-0.2, 0) is 14.3 Å². The summed E-state index contributed by atoms with van der Waals surface area (Å²) in [7, 11) is 1.43. The highest BCUT2D eigenvalue weighted by Gasteiger charge is 2.20. The Bertz CT molecular complexity index is 1510. The van der Waals surface area contributed by atoms with Crippen molar-refractivity contribution in [3.63, 3.8) is 0 Å². The van der Waals surface area contributed by atoms with Crippen molar-refractivity contribution in [2.24, 2.45) is 0 Å². The molecule has 0 aliphatic rings. The molecule has 0 unspecified atom stereocenters. The van der Waals surface area contributed by atoms with Gasteiger partial charge in [-0.15, -0.1) is 0 Å². The molecule has 10 heteroatoms. The van der Waals surface area contributed by atoms with E-state index in [2.05, 4.69) is 15.7 Å². The van der Waals surface area contributed by atoms with Gasteiger partial charge < -0.3 is 20.1 Å². The molecule has 0 radical (unpaired) electrons. The van der Waals surface area contributed by atoms with Crippen molar-refractivity contribution in [2.75, 3.05) is 24.4 Å². The molecule has 0 atom stereocenters. The van der Waals surface area contributed by atoms with E-state index in [0.29, 0.717) is 22.5 Å². The van der Waals surface area contributed by atoms with Crippen LogP contribution in [0, 0.1) is 0 Å². The summed E-state index contributed by atoms with van der Waals surface area (Å²) in [6, 6.07) is 19.9. The van der Waals surface area contributed by atoms with E-state index in [1.807, 2.05) is 0 Å². The fourth-order valence-corrected chi connectivity index (χ4v) is 3.56. The van der Waals surface area contributed by atoms with Crippen molar-refractivity contribution in [2.45, 2.75) is 6.92 Å². The Labute approximate surface area is 205 Å². The van der Waals surface area contributed by atoms with Crippen molar-refractivity contribution in [3.8, 4) is 11.4 Å². The predicted molar refractivity (Wildman–Crippen MR) is 134 cm³/mol. The van der Waals surface area contributed by atoms with Gasteiger partial charge in [-0.3, -0.25) is 14.4 Å². The third-order valence-electron chi connectivity index (χ3n) is 5.13. The van der Waals surface area contributed by atoms with Crippen LogP contribution < -0.4 is 20.9 Å². The summed E-state index contributed by atoms with van der Waals surface area (Å²) in [6.45, 7) is 0.743. The summed E-state index contributed by atoms with van der Waals surface area (Å²) in [6.07, 6.45) is 0. The molecule has 0 spiro atoms. The SMILES string of the molecule is COc1ccc(NC(C)=O)cc1NC(=O)COC(=O)c1nn(-c2ccccc2)c(=O)c2ccccc12. The second-order valence-corrected chi connectivity index (χ2v) is 7.67. The molecule has 0 fully saturated rings. The monoisotopic (exact) mass is 486 g/mol. The zero-order valence-electron chi connectivity index (χ0n) is 19.5. The van der Waals surface area contributed by atoms with Gasteiger partial charge in [0.2, 0.25) is 5.91 Å². The number of nitrogens with zero attached hydrogens (tertiary/aromatic N) is 2. The molecule has 4 rings (SSSR count). The number of ether oxygens (including phenoxy) is 2. The first kappa shape index (κ1) is 24.1. The first-order valence-corrected chi connectivity index (χ1v) is 10.9. The predicted octanol–water partition coefficient (Wildman–Crippen LogP) is 3.15. The number of aromatic nitrogens is 2. The Hall–Kier alpha value is -4.99. The number of fused-ring (bicyclic) bond motifs is 1. The standard InChI is InChI=1S/C26H22N4O6/c1-16(31)27-17-12-13-22(35-2)21(14-17)28-23(32)15-36-26(34)24-19-10-6-7-11-20(19)25(33)30(29-24)18-8-4-3-5-9-18/h3-14H,15H2,1-2H3,(H,27,31)(H,28,32). The van der Waals surface area contributed by atoms with Gasteiger partial charge in [0.1, 0.15) is 5.75 Å². The van der Waals surface area contributed by atoms with Crippen LogP contribution in [0.4, 0.5) is 11.4 Å². The van der Waals surface area contributed by atoms with Crippen LogP contribution in [0.5, 0.6) is 5.75 Å². The molecule has 0 aliphatic carbocycles. The summed E-state index contributed by atoms with van der Waals surface area (Å²) in [5, 5.41) is 10.0. The van der Waals surface area contributed by atoms with E-state index in [9.17, 15) is 19.2 Å². The van der Waals surface area contributed by atoms with Crippen molar-refractivity contribution in [3.05, 3.63) is 88.8 Å². The number of amides is 2. The number of nitrogens with one attached hydrogen (secondary N) is 2. The minimum atomic E-state index is -0.870. The quantitative estimate of drug-likeness (QED) is 0.384. The van der Waals surface area contributed by atoms with Gasteiger partial charge in [-0.1, -0.05) is 36.4 Å². The van der Waals surface area contributed by atoms with Crippen LogP contribution in [0.15, 0.2) is 77.6 Å². The van der Waals surface area contributed by atoms with Crippen LogP contribution in [-0.4, -0.2) is 41.3 Å². The molecule has 36 heavy (non-hydrogen) atoms. The number of methoxy groups -OCH3 is 1. The lowest BCUT2D eigenvalue weighted by Crippen LogP contribution is -2.26. The largest absolute Gasteiger partial charge is 0.495 e. The van der Waals surface area contributed by atoms with Crippen LogP contribution in [0.1, 0.15) is 17.4 Å². The van der Waals surface area contributed by atoms with Gasteiger partial charge in [0, 0.05) is 18.0 Å². The lowest BCUT2D eigenvalue weighted by atomic mass is 10.1. The van der Waals surface area contributed by atoms with Crippen molar-refractivity contribution >= 4 is 39.9 Å². The number of anilines is 2. The molecule has 2 N–H and O–H groups in total. The van der Waals surface area contributed by atoms with E-state index in [0.717, 1.165) is 4.68 Å². The Morgan fingerprint density at radius 2 is 1.61 bits per heavy atom. The van der Waals surface area contributed by atoms with Gasteiger partial charge in [0.25, 0.3) is 11.5 Å². The van der Waals surface area contributed by atoms with E-state index >= 15 is 0 Å². The van der Waals surface area contributed by atoms with E-state index in [1.54, 1.807) is 66.7 Å². The number of para-hydroxylation sites is 1. The fourth-order valence-electron chi connectivity index (χ4n) is 3.56. The minimum absolute atomic E-state index is 0.105. The van der Waals surface area contributed by atoms with Crippen molar-refractivity contribution in [1.29, 1.82) is 0 Å². The van der Waals surface area contributed by atoms with Crippen molar-refractivity contribution < 1.29 is 23.9 Å². The fraction of sp³-hybridized carbons (Fsp3) is 0.115. The molecule has 182 valence electrons. The molecule has 0 saturated carbocycles. The van der Waals surface area contributed by atoms with Gasteiger partial charge in [-0.2, -0.15) is 9.78 Å². The molecular weight excluding hydrogens is 464 g/mol. The first-order valence-electron chi connectivity index (χ1n) is 10.9. The second-order valence-electron chi connectivity index (χ2n) is 7.67. The van der Waals surface area contributed by atoms with E-state index in [1.165, 1.54) is 20.1 Å². The van der Waals surface area contributed by atoms with Gasteiger partial charge in [0.15, 0.2) is 12.3 Å². The lowest BCUT2D eigenvalue weighted by Gasteiger charge is -2.13. The average Bonchev–Trinajstić information content (AvgIpc) is 2.88. The minimum Gasteiger partial charge on any atom is -0.495 e. The Morgan fingerprint density at radius 3 is 2.31 bits per heavy atom. The number of hydrogen-bond donors (Lipinski definition) is 2. The molecule has 0 bridgehead atoms. The van der Waals surface area contributed by atoms with E-state index < -0.39 is 24.0 Å². The highest BCUT2D eigenvalue weighted by Crippen LogP contribution is 2.28. The number of benzene rings is 3. The van der Waals surface area contributed by atoms with Crippen LogP contribution in [0.3, 0.4) is 0 Å². The number of carbonyl (C=O) groups excluding carboxylic acids is 3. The molecule has 4 aromatic rings. The van der Waals surface area contributed by atoms with Gasteiger partial charge in [-0.25, -0.2) is 4.79 Å². The highest BCUT2D eigenvalue weighted by molar-refractivity contribution is 6.03. The lowest BCUT2D eigenvalue weighted by molar-refractivity contribution is -0.119. The molecule has 2 amide bonds. The van der Waals surface area contributed by atoms with Crippen molar-refractivity contribution in [1.82, 2.24) is 9.78 Å². The number of carbonyl (C=O) groups is 3. The maximum absolute atomic E-state index is 13.0. The number of hydrogen-bond acceptors (Lipinski definition) is 7. The zero-order chi connectivity index (χ0) is 25.7. The summed E-state index contributed by atoms with van der Waals surface area (Å²) >= 11 is 0. The zero-order valence-corrected chi connectivity index (χ0v) is 19.5. The summed E-state index contributed by atoms with van der Waals surface area (Å²) < 4.78 is 11.6. The first-order chi connectivity index (χ1) is 17.4. The van der Waals surface area contributed by atoms with Gasteiger partial charge >= 0.3 is 5.97 Å². The molecule has 0 aliphatic heterocycles. The maximum Gasteiger partial charge on any atom is 0.359 e. The molecule has 3 aromatic carbocycles. The van der Waals surface area contributed by atoms with E-state index in [4.69, 9.17) is 9.47 Å². The third-order valence-corrected chi connectivity index (χ3v) is 5.13. The second kappa shape index (κ2) is 10.5. The summed E-state index contributed by atoms with van der Waals surface area (Å²) in [5.41, 5.74) is 0.718. The Balaban J connectivity index is 1.56. The van der Waals surface area contributed by atoms with Gasteiger partial charge in [-0.05, 0) is 36.4 Å². The molecular formula is C26H22N4O6. The normalized spacial score (nSPS) is 10.5. The summed E-state index contributed by atoms with van der Waals surface area (Å²) in [5.74, 6) is -1.43. The number of rotatable bonds is 7. The van der Waals surface area contributed by atoms with Crippen LogP contribution >= 0.6 is 0 Å². The molecule has 1 heterocycles. The maximum atomic E-state index is 13.0. The van der Waals surface area contributed by atoms with Crippen LogP contribution in [0.2, 0.25) is 0 Å². The molecule has 0 saturated heterocycles. The Kier molecular flexibility index (Phi) is 7.05. The summed E-state index contributed by atoms with van der Waals surface area (Å²) in [4.78, 5) is 49.8. The number of esters is 1. The Morgan fingerprint density at radius 1 is 0.917 bits per heavy atom. The average molecular weight is 486 g/mol. The van der Waals surface area contributed by atoms with Crippen LogP contribution in [0.25, 0.3) is 16.5 Å². The molecule has 10 nitrogen and oxygen atoms in total. The smallest absolute Gasteiger partial charge is 0.359 e. The van der Waals surface area contributed by atoms with E-state index in [-0.39, 0.29) is 22.7 Å².